The molecule has 3 atom stereocenters. The number of benzene rings is 1. The second kappa shape index (κ2) is 7.60. The summed E-state index contributed by atoms with van der Waals surface area (Å²) >= 11 is 0. The van der Waals surface area contributed by atoms with E-state index in [4.69, 9.17) is 4.74 Å². The monoisotopic (exact) mass is 355 g/mol. The number of carbonyl (C=O) groups excluding carboxylic acids is 1. The van der Waals surface area contributed by atoms with Crippen molar-refractivity contribution in [1.29, 1.82) is 0 Å². The van der Waals surface area contributed by atoms with E-state index in [0.29, 0.717) is 29.4 Å². The van der Waals surface area contributed by atoms with E-state index in [2.05, 4.69) is 36.0 Å². The molecule has 1 fully saturated rings. The molecule has 1 aromatic carbocycles. The molecule has 1 aliphatic rings. The smallest absolute Gasteiger partial charge is 0.316 e. The average molecular weight is 355 g/mol. The SMILES string of the molecule is Cc1ccc(-c2n[nH]c(C(C)C(=O)OC3C(C)CC(C)CC3C)n2)cc1. The summed E-state index contributed by atoms with van der Waals surface area (Å²) in [5.41, 5.74) is 2.12. The van der Waals surface area contributed by atoms with Gasteiger partial charge in [-0.3, -0.25) is 9.89 Å². The van der Waals surface area contributed by atoms with Crippen molar-refractivity contribution in [3.8, 4) is 11.4 Å². The summed E-state index contributed by atoms with van der Waals surface area (Å²) in [5, 5.41) is 7.17. The van der Waals surface area contributed by atoms with Crippen LogP contribution in [-0.4, -0.2) is 27.3 Å². The number of aromatic nitrogens is 3. The van der Waals surface area contributed by atoms with Gasteiger partial charge in [0.2, 0.25) is 0 Å². The number of hydrogen-bond donors (Lipinski definition) is 1. The van der Waals surface area contributed by atoms with Gasteiger partial charge in [0.05, 0.1) is 0 Å². The van der Waals surface area contributed by atoms with Crippen molar-refractivity contribution in [1.82, 2.24) is 15.2 Å². The van der Waals surface area contributed by atoms with Crippen LogP contribution in [0.2, 0.25) is 0 Å². The Bertz CT molecular complexity index is 741. The lowest BCUT2D eigenvalue weighted by molar-refractivity contribution is -0.159. The Morgan fingerprint density at radius 1 is 1.15 bits per heavy atom. The maximum atomic E-state index is 12.7. The third-order valence-electron chi connectivity index (χ3n) is 5.50. The molecule has 3 unspecified atom stereocenters. The van der Waals surface area contributed by atoms with Gasteiger partial charge in [0.25, 0.3) is 0 Å². The van der Waals surface area contributed by atoms with Crippen LogP contribution in [0.1, 0.15) is 57.8 Å². The van der Waals surface area contributed by atoms with Crippen LogP contribution in [0.15, 0.2) is 24.3 Å². The Morgan fingerprint density at radius 3 is 2.38 bits per heavy atom. The predicted octanol–water partition coefficient (Wildman–Crippen LogP) is 4.50. The number of H-pyrrole nitrogens is 1. The topological polar surface area (TPSA) is 67.9 Å². The number of carbonyl (C=O) groups is 1. The summed E-state index contributed by atoms with van der Waals surface area (Å²) in [4.78, 5) is 17.2. The van der Waals surface area contributed by atoms with Crippen molar-refractivity contribution in [2.45, 2.75) is 59.5 Å². The number of esters is 1. The molecule has 0 aliphatic heterocycles. The standard InChI is InChI=1S/C21H29N3O2/c1-12-6-8-17(9-7-12)20-22-19(23-24-20)16(5)21(25)26-18-14(3)10-13(2)11-15(18)4/h6-9,13-16,18H,10-11H2,1-5H3,(H,22,23,24). The fourth-order valence-electron chi connectivity index (χ4n) is 4.07. The van der Waals surface area contributed by atoms with Crippen LogP contribution in [0, 0.1) is 24.7 Å². The van der Waals surface area contributed by atoms with Crippen molar-refractivity contribution in [3.05, 3.63) is 35.7 Å². The predicted molar refractivity (Wildman–Crippen MR) is 102 cm³/mol. The summed E-state index contributed by atoms with van der Waals surface area (Å²) in [7, 11) is 0. The Morgan fingerprint density at radius 2 is 1.77 bits per heavy atom. The van der Waals surface area contributed by atoms with Gasteiger partial charge in [-0.25, -0.2) is 4.98 Å². The Kier molecular flexibility index (Phi) is 5.44. The van der Waals surface area contributed by atoms with Gasteiger partial charge < -0.3 is 4.74 Å². The van der Waals surface area contributed by atoms with E-state index in [1.165, 1.54) is 5.56 Å². The zero-order valence-corrected chi connectivity index (χ0v) is 16.3. The molecule has 0 bridgehead atoms. The fraction of sp³-hybridized carbons (Fsp3) is 0.571. The molecule has 2 aromatic rings. The molecule has 1 N–H and O–H groups in total. The van der Waals surface area contributed by atoms with E-state index in [9.17, 15) is 4.79 Å². The third kappa shape index (κ3) is 3.97. The Balaban J connectivity index is 1.68. The highest BCUT2D eigenvalue weighted by molar-refractivity contribution is 5.77. The quantitative estimate of drug-likeness (QED) is 0.820. The van der Waals surface area contributed by atoms with Crippen LogP contribution in [-0.2, 0) is 9.53 Å². The highest BCUT2D eigenvalue weighted by Gasteiger charge is 2.35. The van der Waals surface area contributed by atoms with Crippen LogP contribution in [0.3, 0.4) is 0 Å². The Hall–Kier alpha value is -2.17. The van der Waals surface area contributed by atoms with Crippen molar-refractivity contribution in [2.24, 2.45) is 17.8 Å². The summed E-state index contributed by atoms with van der Waals surface area (Å²) in [6.45, 7) is 10.5. The minimum atomic E-state index is -0.458. The molecule has 0 saturated heterocycles. The first-order valence-corrected chi connectivity index (χ1v) is 9.55. The largest absolute Gasteiger partial charge is 0.461 e. The van der Waals surface area contributed by atoms with E-state index in [0.717, 1.165) is 18.4 Å². The van der Waals surface area contributed by atoms with Gasteiger partial charge in [-0.15, -0.1) is 0 Å². The molecule has 1 aromatic heterocycles. The number of aromatic amines is 1. The molecule has 140 valence electrons. The van der Waals surface area contributed by atoms with Gasteiger partial charge in [-0.1, -0.05) is 50.6 Å². The van der Waals surface area contributed by atoms with E-state index < -0.39 is 5.92 Å². The van der Waals surface area contributed by atoms with Gasteiger partial charge in [-0.05, 0) is 44.4 Å². The summed E-state index contributed by atoms with van der Waals surface area (Å²) < 4.78 is 5.88. The molecular weight excluding hydrogens is 326 g/mol. The lowest BCUT2D eigenvalue weighted by Gasteiger charge is -2.37. The van der Waals surface area contributed by atoms with Crippen molar-refractivity contribution < 1.29 is 9.53 Å². The molecule has 0 spiro atoms. The lowest BCUT2D eigenvalue weighted by atomic mass is 9.75. The highest BCUT2D eigenvalue weighted by Crippen LogP contribution is 2.35. The van der Waals surface area contributed by atoms with E-state index in [1.807, 2.05) is 38.1 Å². The number of ether oxygens (including phenoxy) is 1. The number of nitrogens with zero attached hydrogens (tertiary/aromatic N) is 2. The van der Waals surface area contributed by atoms with Crippen molar-refractivity contribution in [2.75, 3.05) is 0 Å². The number of rotatable bonds is 4. The highest BCUT2D eigenvalue weighted by atomic mass is 16.5. The number of nitrogens with one attached hydrogen (secondary N) is 1. The first-order chi connectivity index (χ1) is 12.3. The molecular formula is C21H29N3O2. The van der Waals surface area contributed by atoms with Crippen LogP contribution in [0.25, 0.3) is 11.4 Å². The minimum absolute atomic E-state index is 0.0133. The maximum Gasteiger partial charge on any atom is 0.316 e. The van der Waals surface area contributed by atoms with Crippen molar-refractivity contribution >= 4 is 5.97 Å². The minimum Gasteiger partial charge on any atom is -0.461 e. The molecule has 5 heteroatoms. The van der Waals surface area contributed by atoms with Gasteiger partial charge in [0.15, 0.2) is 5.82 Å². The van der Waals surface area contributed by atoms with E-state index in [1.54, 1.807) is 0 Å². The molecule has 1 saturated carbocycles. The summed E-state index contributed by atoms with van der Waals surface area (Å²) in [5.74, 6) is 1.95. The van der Waals surface area contributed by atoms with Gasteiger partial charge in [0.1, 0.15) is 17.8 Å². The molecule has 1 aliphatic carbocycles. The molecule has 3 rings (SSSR count). The van der Waals surface area contributed by atoms with Crippen LogP contribution in [0.5, 0.6) is 0 Å². The number of aryl methyl sites for hydroxylation is 1. The normalized spacial score (nSPS) is 27.1. The lowest BCUT2D eigenvalue weighted by Crippen LogP contribution is -2.38. The van der Waals surface area contributed by atoms with Crippen LogP contribution in [0.4, 0.5) is 0 Å². The van der Waals surface area contributed by atoms with Gasteiger partial charge in [0, 0.05) is 5.56 Å². The zero-order chi connectivity index (χ0) is 18.8. The Labute approximate surface area is 155 Å². The fourth-order valence-corrected chi connectivity index (χ4v) is 4.07. The molecule has 1 heterocycles. The second-order valence-corrected chi connectivity index (χ2v) is 8.06. The van der Waals surface area contributed by atoms with Gasteiger partial charge >= 0.3 is 5.97 Å². The molecule has 0 amide bonds. The maximum absolute atomic E-state index is 12.7. The van der Waals surface area contributed by atoms with Gasteiger partial charge in [-0.2, -0.15) is 5.10 Å². The molecule has 0 radical (unpaired) electrons. The second-order valence-electron chi connectivity index (χ2n) is 8.06. The van der Waals surface area contributed by atoms with E-state index in [-0.39, 0.29) is 12.1 Å². The molecule has 5 nitrogen and oxygen atoms in total. The first kappa shape index (κ1) is 18.6. The summed E-state index contributed by atoms with van der Waals surface area (Å²) in [6, 6.07) is 8.02. The van der Waals surface area contributed by atoms with Crippen molar-refractivity contribution in [3.63, 3.8) is 0 Å². The third-order valence-corrected chi connectivity index (χ3v) is 5.50. The van der Waals surface area contributed by atoms with E-state index >= 15 is 0 Å². The summed E-state index contributed by atoms with van der Waals surface area (Å²) in [6.07, 6.45) is 2.20. The molecule has 26 heavy (non-hydrogen) atoms. The first-order valence-electron chi connectivity index (χ1n) is 9.55. The van der Waals surface area contributed by atoms with Crippen LogP contribution < -0.4 is 0 Å². The zero-order valence-electron chi connectivity index (χ0n) is 16.3. The van der Waals surface area contributed by atoms with Crippen LogP contribution >= 0.6 is 0 Å². The number of hydrogen-bond acceptors (Lipinski definition) is 4. The average Bonchev–Trinajstić information content (AvgIpc) is 3.07.